The highest BCUT2D eigenvalue weighted by atomic mass is 79.9. The minimum Gasteiger partial charge on any atom is -0.258 e. The molecule has 0 aromatic heterocycles. The molecule has 3 nitrogen and oxygen atoms in total. The maximum absolute atomic E-state index is 13.0. The second-order valence-electron chi connectivity index (χ2n) is 3.25. The molecule has 0 atom stereocenters. The van der Waals surface area contributed by atoms with Gasteiger partial charge in [-0.15, -0.1) is 0 Å². The standard InChI is InChI=1S/C9H8BrF2NO2/c1-5-7(10)3-6(9(2,11)12)4-8(5)13(14)15/h3-4H,1-2H3. The summed E-state index contributed by atoms with van der Waals surface area (Å²) >= 11 is 3.02. The van der Waals surface area contributed by atoms with E-state index in [0.29, 0.717) is 17.0 Å². The Kier molecular flexibility index (Phi) is 3.08. The first-order chi connectivity index (χ1) is 6.73. The molecule has 0 bridgehead atoms. The van der Waals surface area contributed by atoms with Crippen LogP contribution in [0.1, 0.15) is 18.1 Å². The molecule has 0 unspecified atom stereocenters. The van der Waals surface area contributed by atoms with Crippen molar-refractivity contribution in [3.8, 4) is 0 Å². The van der Waals surface area contributed by atoms with E-state index in [1.54, 1.807) is 0 Å². The van der Waals surface area contributed by atoms with Crippen LogP contribution in [0.15, 0.2) is 16.6 Å². The lowest BCUT2D eigenvalue weighted by Gasteiger charge is -2.11. The molecule has 0 heterocycles. The zero-order valence-corrected chi connectivity index (χ0v) is 9.64. The molecule has 0 amide bonds. The van der Waals surface area contributed by atoms with Gasteiger partial charge in [0.25, 0.3) is 11.6 Å². The van der Waals surface area contributed by atoms with Crippen molar-refractivity contribution in [2.45, 2.75) is 19.8 Å². The first-order valence-electron chi connectivity index (χ1n) is 4.06. The molecule has 0 spiro atoms. The SMILES string of the molecule is Cc1c(Br)cc(C(C)(F)F)cc1[N+](=O)[O-]. The van der Waals surface area contributed by atoms with E-state index in [2.05, 4.69) is 15.9 Å². The summed E-state index contributed by atoms with van der Waals surface area (Å²) in [5.41, 5.74) is -0.333. The van der Waals surface area contributed by atoms with E-state index in [1.165, 1.54) is 13.0 Å². The number of nitrogens with zero attached hydrogens (tertiary/aromatic N) is 1. The quantitative estimate of drug-likeness (QED) is 0.611. The predicted octanol–water partition coefficient (Wildman–Crippen LogP) is 3.78. The van der Waals surface area contributed by atoms with Crippen molar-refractivity contribution >= 4 is 21.6 Å². The zero-order valence-electron chi connectivity index (χ0n) is 8.05. The molecule has 1 rings (SSSR count). The fourth-order valence-corrected chi connectivity index (χ4v) is 1.56. The Labute approximate surface area is 93.4 Å². The van der Waals surface area contributed by atoms with Gasteiger partial charge in [0, 0.05) is 28.6 Å². The molecule has 15 heavy (non-hydrogen) atoms. The Bertz CT molecular complexity index is 415. The highest BCUT2D eigenvalue weighted by molar-refractivity contribution is 9.10. The number of nitro groups is 1. The lowest BCUT2D eigenvalue weighted by atomic mass is 10.1. The van der Waals surface area contributed by atoms with Crippen molar-refractivity contribution < 1.29 is 13.7 Å². The fraction of sp³-hybridized carbons (Fsp3) is 0.333. The van der Waals surface area contributed by atoms with Gasteiger partial charge in [-0.2, -0.15) is 0 Å². The Morgan fingerprint density at radius 3 is 2.40 bits per heavy atom. The van der Waals surface area contributed by atoms with Gasteiger partial charge in [-0.25, -0.2) is 8.78 Å². The van der Waals surface area contributed by atoms with E-state index in [9.17, 15) is 18.9 Å². The minimum atomic E-state index is -3.08. The van der Waals surface area contributed by atoms with Gasteiger partial charge in [0.05, 0.1) is 4.92 Å². The smallest absolute Gasteiger partial charge is 0.258 e. The number of hydrogen-bond donors (Lipinski definition) is 0. The molecule has 0 fully saturated rings. The van der Waals surface area contributed by atoms with Gasteiger partial charge in [0.2, 0.25) is 0 Å². The molecular weight excluding hydrogens is 272 g/mol. The maximum Gasteiger partial charge on any atom is 0.273 e. The number of nitro benzene ring substituents is 1. The first-order valence-corrected chi connectivity index (χ1v) is 4.85. The van der Waals surface area contributed by atoms with Gasteiger partial charge in [0.1, 0.15) is 0 Å². The topological polar surface area (TPSA) is 43.1 Å². The van der Waals surface area contributed by atoms with Crippen molar-refractivity contribution in [3.63, 3.8) is 0 Å². The van der Waals surface area contributed by atoms with E-state index in [1.807, 2.05) is 0 Å². The zero-order chi connectivity index (χ0) is 11.8. The molecule has 0 radical (unpaired) electrons. The predicted molar refractivity (Wildman–Crippen MR) is 55.1 cm³/mol. The Morgan fingerprint density at radius 1 is 1.47 bits per heavy atom. The van der Waals surface area contributed by atoms with Crippen LogP contribution in [0, 0.1) is 17.0 Å². The average Bonchev–Trinajstić information content (AvgIpc) is 2.06. The van der Waals surface area contributed by atoms with Gasteiger partial charge in [-0.05, 0) is 13.0 Å². The van der Waals surface area contributed by atoms with E-state index >= 15 is 0 Å². The van der Waals surface area contributed by atoms with Crippen LogP contribution in [-0.4, -0.2) is 4.92 Å². The van der Waals surface area contributed by atoms with E-state index in [-0.39, 0.29) is 11.3 Å². The lowest BCUT2D eigenvalue weighted by Crippen LogP contribution is -2.08. The van der Waals surface area contributed by atoms with Crippen molar-refractivity contribution in [2.24, 2.45) is 0 Å². The third-order valence-corrected chi connectivity index (χ3v) is 2.84. The Morgan fingerprint density at radius 2 is 2.00 bits per heavy atom. The molecule has 1 aromatic carbocycles. The minimum absolute atomic E-state index is 0.305. The molecule has 0 saturated carbocycles. The molecule has 1 aromatic rings. The van der Waals surface area contributed by atoms with Crippen molar-refractivity contribution in [1.29, 1.82) is 0 Å². The van der Waals surface area contributed by atoms with E-state index < -0.39 is 10.8 Å². The average molecular weight is 280 g/mol. The summed E-state index contributed by atoms with van der Waals surface area (Å²) in [7, 11) is 0. The molecular formula is C9H8BrF2NO2. The molecule has 0 saturated heterocycles. The van der Waals surface area contributed by atoms with Gasteiger partial charge in [-0.3, -0.25) is 10.1 Å². The monoisotopic (exact) mass is 279 g/mol. The summed E-state index contributed by atoms with van der Waals surface area (Å²) in [5.74, 6) is -3.08. The summed E-state index contributed by atoms with van der Waals surface area (Å²) in [6, 6.07) is 2.10. The van der Waals surface area contributed by atoms with E-state index in [0.717, 1.165) is 6.07 Å². The van der Waals surface area contributed by atoms with Crippen molar-refractivity contribution in [3.05, 3.63) is 37.8 Å². The van der Waals surface area contributed by atoms with Crippen LogP contribution in [0.25, 0.3) is 0 Å². The number of halogens is 3. The van der Waals surface area contributed by atoms with Crippen molar-refractivity contribution in [2.75, 3.05) is 0 Å². The second-order valence-corrected chi connectivity index (χ2v) is 4.10. The Balaban J connectivity index is 3.43. The largest absolute Gasteiger partial charge is 0.273 e. The third-order valence-electron chi connectivity index (χ3n) is 2.02. The normalized spacial score (nSPS) is 11.5. The molecule has 0 aliphatic heterocycles. The van der Waals surface area contributed by atoms with Crippen LogP contribution in [0.5, 0.6) is 0 Å². The van der Waals surface area contributed by atoms with Gasteiger partial charge >= 0.3 is 0 Å². The summed E-state index contributed by atoms with van der Waals surface area (Å²) in [6.07, 6.45) is 0. The Hall–Kier alpha value is -1.04. The highest BCUT2D eigenvalue weighted by Gasteiger charge is 2.28. The molecule has 0 aliphatic carbocycles. The number of alkyl halides is 2. The second kappa shape index (κ2) is 3.84. The van der Waals surface area contributed by atoms with Gasteiger partial charge in [-0.1, -0.05) is 15.9 Å². The molecule has 6 heteroatoms. The van der Waals surface area contributed by atoms with Gasteiger partial charge < -0.3 is 0 Å². The van der Waals surface area contributed by atoms with Crippen LogP contribution >= 0.6 is 15.9 Å². The third kappa shape index (κ3) is 2.50. The summed E-state index contributed by atoms with van der Waals surface area (Å²) in [5, 5.41) is 10.6. The van der Waals surface area contributed by atoms with Crippen LogP contribution < -0.4 is 0 Å². The van der Waals surface area contributed by atoms with Crippen molar-refractivity contribution in [1.82, 2.24) is 0 Å². The van der Waals surface area contributed by atoms with Crippen LogP contribution in [0.3, 0.4) is 0 Å². The first kappa shape index (κ1) is 12.0. The highest BCUT2D eigenvalue weighted by Crippen LogP contribution is 2.35. The van der Waals surface area contributed by atoms with Crippen LogP contribution in [0.4, 0.5) is 14.5 Å². The number of hydrogen-bond acceptors (Lipinski definition) is 2. The summed E-state index contributed by atoms with van der Waals surface area (Å²) < 4.78 is 26.2. The summed E-state index contributed by atoms with van der Waals surface area (Å²) in [4.78, 5) is 9.92. The number of benzene rings is 1. The maximum atomic E-state index is 13.0. The van der Waals surface area contributed by atoms with Gasteiger partial charge in [0.15, 0.2) is 0 Å². The molecule has 82 valence electrons. The number of rotatable bonds is 2. The van der Waals surface area contributed by atoms with Crippen LogP contribution in [0.2, 0.25) is 0 Å². The van der Waals surface area contributed by atoms with E-state index in [4.69, 9.17) is 0 Å². The van der Waals surface area contributed by atoms with Crippen LogP contribution in [-0.2, 0) is 5.92 Å². The molecule has 0 N–H and O–H groups in total. The lowest BCUT2D eigenvalue weighted by molar-refractivity contribution is -0.385. The summed E-state index contributed by atoms with van der Waals surface area (Å²) in [6.45, 7) is 2.20. The fourth-order valence-electron chi connectivity index (χ4n) is 1.11. The molecule has 0 aliphatic rings.